The van der Waals surface area contributed by atoms with Crippen LogP contribution in [-0.4, -0.2) is 32.8 Å². The second kappa shape index (κ2) is 7.79. The second-order valence-electron chi connectivity index (χ2n) is 6.99. The van der Waals surface area contributed by atoms with E-state index in [1.165, 1.54) is 6.07 Å². The van der Waals surface area contributed by atoms with E-state index in [4.69, 9.17) is 0 Å². The Morgan fingerprint density at radius 3 is 2.58 bits per heavy atom. The van der Waals surface area contributed by atoms with Crippen molar-refractivity contribution in [3.8, 4) is 11.3 Å². The normalized spacial score (nSPS) is 16.0. The Balaban J connectivity index is 1.34. The van der Waals surface area contributed by atoms with Gasteiger partial charge in [0.1, 0.15) is 5.82 Å². The van der Waals surface area contributed by atoms with Gasteiger partial charge < -0.3 is 0 Å². The standard InChI is InChI=1S/C21H23FN4/c22-20-3-1-2-18(15-20)14-17-7-12-25(13-8-17)16-26-21(6-11-24-26)19-4-9-23-10-5-19/h1-6,9-11,15,17H,7-8,12-14,16H2. The topological polar surface area (TPSA) is 34.0 Å². The van der Waals surface area contributed by atoms with Gasteiger partial charge in [-0.3, -0.25) is 14.6 Å². The SMILES string of the molecule is Fc1cccc(CC2CCN(Cn3nccc3-c3ccncc3)CC2)c1. The number of halogens is 1. The number of rotatable bonds is 5. The summed E-state index contributed by atoms with van der Waals surface area (Å²) in [7, 11) is 0. The van der Waals surface area contributed by atoms with Crippen LogP contribution in [0.15, 0.2) is 61.1 Å². The first-order valence-electron chi connectivity index (χ1n) is 9.17. The summed E-state index contributed by atoms with van der Waals surface area (Å²) in [5.74, 6) is 0.493. The van der Waals surface area contributed by atoms with E-state index in [-0.39, 0.29) is 5.82 Å². The fourth-order valence-electron chi connectivity index (χ4n) is 3.73. The molecule has 2 aromatic heterocycles. The van der Waals surface area contributed by atoms with Crippen LogP contribution in [0.4, 0.5) is 4.39 Å². The van der Waals surface area contributed by atoms with Crippen LogP contribution < -0.4 is 0 Å². The Labute approximate surface area is 153 Å². The average molecular weight is 350 g/mol. The molecule has 5 heteroatoms. The van der Waals surface area contributed by atoms with Crippen molar-refractivity contribution in [3.05, 3.63) is 72.4 Å². The first kappa shape index (κ1) is 16.9. The largest absolute Gasteiger partial charge is 0.284 e. The summed E-state index contributed by atoms with van der Waals surface area (Å²) in [5.41, 5.74) is 3.36. The van der Waals surface area contributed by atoms with Crippen molar-refractivity contribution in [1.29, 1.82) is 0 Å². The molecule has 0 amide bonds. The summed E-state index contributed by atoms with van der Waals surface area (Å²) < 4.78 is 15.4. The molecule has 0 bridgehead atoms. The van der Waals surface area contributed by atoms with Crippen LogP contribution >= 0.6 is 0 Å². The molecular weight excluding hydrogens is 327 g/mol. The molecule has 1 aliphatic rings. The van der Waals surface area contributed by atoms with Gasteiger partial charge in [0.2, 0.25) is 0 Å². The molecule has 1 saturated heterocycles. The highest BCUT2D eigenvalue weighted by molar-refractivity contribution is 5.58. The molecule has 26 heavy (non-hydrogen) atoms. The molecule has 0 N–H and O–H groups in total. The van der Waals surface area contributed by atoms with Gasteiger partial charge in [-0.15, -0.1) is 0 Å². The maximum Gasteiger partial charge on any atom is 0.123 e. The van der Waals surface area contributed by atoms with Gasteiger partial charge in [0.25, 0.3) is 0 Å². The number of hydrogen-bond acceptors (Lipinski definition) is 3. The fraction of sp³-hybridized carbons (Fsp3) is 0.333. The molecule has 1 aromatic carbocycles. The Bertz CT molecular complexity index is 838. The summed E-state index contributed by atoms with van der Waals surface area (Å²) >= 11 is 0. The molecule has 1 fully saturated rings. The van der Waals surface area contributed by atoms with Gasteiger partial charge in [-0.05, 0) is 61.1 Å². The van der Waals surface area contributed by atoms with Gasteiger partial charge in [0.15, 0.2) is 0 Å². The number of likely N-dealkylation sites (tertiary alicyclic amines) is 1. The van der Waals surface area contributed by atoms with Crippen molar-refractivity contribution >= 4 is 0 Å². The lowest BCUT2D eigenvalue weighted by Crippen LogP contribution is -2.36. The minimum Gasteiger partial charge on any atom is -0.284 e. The molecule has 0 atom stereocenters. The Morgan fingerprint density at radius 1 is 1.00 bits per heavy atom. The molecule has 4 rings (SSSR count). The van der Waals surface area contributed by atoms with Crippen LogP contribution in [0, 0.1) is 11.7 Å². The number of benzene rings is 1. The van der Waals surface area contributed by atoms with Crippen LogP contribution in [0.3, 0.4) is 0 Å². The summed E-state index contributed by atoms with van der Waals surface area (Å²) in [5, 5.41) is 4.50. The number of nitrogens with zero attached hydrogens (tertiary/aromatic N) is 4. The molecule has 1 aliphatic heterocycles. The smallest absolute Gasteiger partial charge is 0.123 e. The van der Waals surface area contributed by atoms with Crippen LogP contribution in [0.5, 0.6) is 0 Å². The highest BCUT2D eigenvalue weighted by Crippen LogP contribution is 2.24. The van der Waals surface area contributed by atoms with Crippen molar-refractivity contribution in [2.45, 2.75) is 25.9 Å². The van der Waals surface area contributed by atoms with Crippen LogP contribution in [-0.2, 0) is 13.1 Å². The predicted molar refractivity (Wildman–Crippen MR) is 99.9 cm³/mol. The summed E-state index contributed by atoms with van der Waals surface area (Å²) in [6, 6.07) is 13.1. The third-order valence-corrected chi connectivity index (χ3v) is 5.15. The van der Waals surface area contributed by atoms with E-state index in [1.807, 2.05) is 42.9 Å². The maximum absolute atomic E-state index is 13.4. The number of piperidine rings is 1. The van der Waals surface area contributed by atoms with Gasteiger partial charge in [-0.1, -0.05) is 12.1 Å². The monoisotopic (exact) mass is 350 g/mol. The van der Waals surface area contributed by atoms with Gasteiger partial charge in [0.05, 0.1) is 12.4 Å². The lowest BCUT2D eigenvalue weighted by atomic mass is 9.90. The zero-order valence-electron chi connectivity index (χ0n) is 14.8. The molecule has 0 aliphatic carbocycles. The van der Waals surface area contributed by atoms with Crippen LogP contribution in [0.2, 0.25) is 0 Å². The molecular formula is C21H23FN4. The quantitative estimate of drug-likeness (QED) is 0.697. The lowest BCUT2D eigenvalue weighted by molar-refractivity contribution is 0.142. The van der Waals surface area contributed by atoms with Gasteiger partial charge >= 0.3 is 0 Å². The van der Waals surface area contributed by atoms with E-state index in [0.717, 1.165) is 55.8 Å². The summed E-state index contributed by atoms with van der Waals surface area (Å²) in [6.07, 6.45) is 8.72. The lowest BCUT2D eigenvalue weighted by Gasteiger charge is -2.32. The number of hydrogen-bond donors (Lipinski definition) is 0. The molecule has 134 valence electrons. The van der Waals surface area contributed by atoms with Crippen LogP contribution in [0.25, 0.3) is 11.3 Å². The van der Waals surface area contributed by atoms with Crippen molar-refractivity contribution in [3.63, 3.8) is 0 Å². The molecule has 0 radical (unpaired) electrons. The molecule has 3 aromatic rings. The fourth-order valence-corrected chi connectivity index (χ4v) is 3.73. The van der Waals surface area contributed by atoms with Crippen molar-refractivity contribution in [2.24, 2.45) is 5.92 Å². The molecule has 4 nitrogen and oxygen atoms in total. The zero-order valence-corrected chi connectivity index (χ0v) is 14.8. The minimum absolute atomic E-state index is 0.137. The Kier molecular flexibility index (Phi) is 5.07. The minimum atomic E-state index is -0.137. The Morgan fingerprint density at radius 2 is 1.81 bits per heavy atom. The average Bonchev–Trinajstić information content (AvgIpc) is 3.12. The molecule has 3 heterocycles. The van der Waals surface area contributed by atoms with Gasteiger partial charge in [-0.25, -0.2) is 4.39 Å². The van der Waals surface area contributed by atoms with Gasteiger partial charge in [0, 0.05) is 37.2 Å². The van der Waals surface area contributed by atoms with E-state index in [0.29, 0.717) is 5.92 Å². The molecule has 0 saturated carbocycles. The molecule has 0 unspecified atom stereocenters. The predicted octanol–water partition coefficient (Wildman–Crippen LogP) is 4.00. The molecule has 0 spiro atoms. The van der Waals surface area contributed by atoms with E-state index in [2.05, 4.69) is 19.7 Å². The van der Waals surface area contributed by atoms with Crippen molar-refractivity contribution < 1.29 is 4.39 Å². The van der Waals surface area contributed by atoms with Gasteiger partial charge in [-0.2, -0.15) is 5.10 Å². The van der Waals surface area contributed by atoms with E-state index >= 15 is 0 Å². The summed E-state index contributed by atoms with van der Waals surface area (Å²) in [4.78, 5) is 6.53. The zero-order chi connectivity index (χ0) is 17.8. The van der Waals surface area contributed by atoms with E-state index < -0.39 is 0 Å². The third kappa shape index (κ3) is 3.99. The Hall–Kier alpha value is -2.53. The van der Waals surface area contributed by atoms with E-state index in [9.17, 15) is 4.39 Å². The second-order valence-corrected chi connectivity index (χ2v) is 6.99. The van der Waals surface area contributed by atoms with Crippen molar-refractivity contribution in [2.75, 3.05) is 13.1 Å². The number of pyridine rings is 1. The third-order valence-electron chi connectivity index (χ3n) is 5.15. The first-order valence-corrected chi connectivity index (χ1v) is 9.17. The van der Waals surface area contributed by atoms with Crippen LogP contribution in [0.1, 0.15) is 18.4 Å². The maximum atomic E-state index is 13.4. The highest BCUT2D eigenvalue weighted by Gasteiger charge is 2.20. The highest BCUT2D eigenvalue weighted by atomic mass is 19.1. The summed E-state index contributed by atoms with van der Waals surface area (Å²) in [6.45, 7) is 2.91. The van der Waals surface area contributed by atoms with Crippen molar-refractivity contribution in [1.82, 2.24) is 19.7 Å². The first-order chi connectivity index (χ1) is 12.8. The van der Waals surface area contributed by atoms with E-state index in [1.54, 1.807) is 12.1 Å². The number of aromatic nitrogens is 3.